The number of hydrogen-bond donors (Lipinski definition) is 2. The molecule has 0 fully saturated rings. The Labute approximate surface area is 140 Å². The van der Waals surface area contributed by atoms with Crippen LogP contribution in [0.15, 0.2) is 35.8 Å². The highest BCUT2D eigenvalue weighted by atomic mass is 35.5. The fourth-order valence-corrected chi connectivity index (χ4v) is 3.68. The Kier molecular flexibility index (Phi) is 4.40. The van der Waals surface area contributed by atoms with Gasteiger partial charge in [0, 0.05) is 17.1 Å². The molecule has 21 heavy (non-hydrogen) atoms. The van der Waals surface area contributed by atoms with Gasteiger partial charge in [0.25, 0.3) is 0 Å². The van der Waals surface area contributed by atoms with Crippen molar-refractivity contribution in [1.29, 1.82) is 0 Å². The molecule has 0 aliphatic rings. The summed E-state index contributed by atoms with van der Waals surface area (Å²) in [6, 6.07) is 7.37. The van der Waals surface area contributed by atoms with Gasteiger partial charge in [-0.15, -0.1) is 11.3 Å². The van der Waals surface area contributed by atoms with E-state index in [9.17, 15) is 0 Å². The van der Waals surface area contributed by atoms with Gasteiger partial charge in [0.15, 0.2) is 0 Å². The molecule has 2 aromatic heterocycles. The van der Waals surface area contributed by atoms with Gasteiger partial charge in [-0.1, -0.05) is 40.9 Å². The van der Waals surface area contributed by atoms with Crippen molar-refractivity contribution in [3.63, 3.8) is 0 Å². The minimum atomic E-state index is 0.494. The van der Waals surface area contributed by atoms with Gasteiger partial charge < -0.3 is 5.32 Å². The highest BCUT2D eigenvalue weighted by Gasteiger charge is 2.11. The Bertz CT molecular complexity index is 730. The van der Waals surface area contributed by atoms with Crippen LogP contribution in [-0.4, -0.2) is 10.2 Å². The first-order valence-electron chi connectivity index (χ1n) is 6.09. The fourth-order valence-electron chi connectivity index (χ4n) is 1.97. The Hall–Kier alpha value is -1.20. The Morgan fingerprint density at radius 3 is 2.62 bits per heavy atom. The maximum Gasteiger partial charge on any atom is 0.0799 e. The van der Waals surface area contributed by atoms with Gasteiger partial charge in [0.05, 0.1) is 32.5 Å². The molecular formula is C14H10Cl3N3S. The van der Waals surface area contributed by atoms with Gasteiger partial charge in [-0.05, 0) is 23.6 Å². The average Bonchev–Trinajstić information content (AvgIpc) is 3.07. The second-order valence-electron chi connectivity index (χ2n) is 4.35. The van der Waals surface area contributed by atoms with E-state index < -0.39 is 0 Å². The van der Waals surface area contributed by atoms with E-state index in [1.807, 2.05) is 17.5 Å². The van der Waals surface area contributed by atoms with Crippen LogP contribution >= 0.6 is 46.1 Å². The molecule has 7 heteroatoms. The highest BCUT2D eigenvalue weighted by molar-refractivity contribution is 7.13. The van der Waals surface area contributed by atoms with Crippen molar-refractivity contribution < 1.29 is 0 Å². The molecule has 108 valence electrons. The zero-order chi connectivity index (χ0) is 14.8. The molecular weight excluding hydrogens is 349 g/mol. The summed E-state index contributed by atoms with van der Waals surface area (Å²) in [5.74, 6) is 0. The largest absolute Gasteiger partial charge is 0.378 e. The van der Waals surface area contributed by atoms with Crippen molar-refractivity contribution >= 4 is 51.8 Å². The summed E-state index contributed by atoms with van der Waals surface area (Å²) in [7, 11) is 0. The van der Waals surface area contributed by atoms with E-state index in [1.54, 1.807) is 29.7 Å². The number of benzene rings is 1. The number of nitrogens with one attached hydrogen (secondary N) is 2. The van der Waals surface area contributed by atoms with Crippen molar-refractivity contribution in [2.24, 2.45) is 0 Å². The third-order valence-electron chi connectivity index (χ3n) is 2.95. The zero-order valence-corrected chi connectivity index (χ0v) is 13.7. The van der Waals surface area contributed by atoms with Crippen LogP contribution in [0.25, 0.3) is 10.6 Å². The van der Waals surface area contributed by atoms with Gasteiger partial charge in [0.1, 0.15) is 0 Å². The van der Waals surface area contributed by atoms with E-state index in [-0.39, 0.29) is 0 Å². The molecule has 0 amide bonds. The minimum absolute atomic E-state index is 0.494. The first-order chi connectivity index (χ1) is 10.1. The van der Waals surface area contributed by atoms with Gasteiger partial charge in [-0.3, -0.25) is 5.10 Å². The molecule has 2 heterocycles. The summed E-state index contributed by atoms with van der Waals surface area (Å²) in [6.07, 6.45) is 1.79. The lowest BCUT2D eigenvalue weighted by atomic mass is 10.2. The Morgan fingerprint density at radius 1 is 1.19 bits per heavy atom. The number of aromatic amines is 1. The molecule has 0 bridgehead atoms. The van der Waals surface area contributed by atoms with Crippen molar-refractivity contribution in [1.82, 2.24) is 10.2 Å². The van der Waals surface area contributed by atoms with Crippen LogP contribution in [0.5, 0.6) is 0 Å². The van der Waals surface area contributed by atoms with E-state index >= 15 is 0 Å². The number of thiophene rings is 1. The summed E-state index contributed by atoms with van der Waals surface area (Å²) in [6.45, 7) is 0.560. The van der Waals surface area contributed by atoms with Crippen LogP contribution in [-0.2, 0) is 6.54 Å². The molecule has 0 aliphatic heterocycles. The first kappa shape index (κ1) is 14.7. The molecule has 3 aromatic rings. The van der Waals surface area contributed by atoms with Crippen molar-refractivity contribution in [3.8, 4) is 10.6 Å². The Balaban J connectivity index is 1.82. The zero-order valence-electron chi connectivity index (χ0n) is 10.7. The number of rotatable bonds is 4. The highest BCUT2D eigenvalue weighted by Crippen LogP contribution is 2.34. The molecule has 0 unspecified atom stereocenters. The van der Waals surface area contributed by atoms with Crippen LogP contribution in [0.2, 0.25) is 15.1 Å². The molecule has 0 spiro atoms. The van der Waals surface area contributed by atoms with Crippen LogP contribution in [0.1, 0.15) is 5.56 Å². The standard InChI is InChI=1S/C14H10Cl3N3S/c15-9-4-10(16)14(11(17)5-9)18-6-8-7-19-20-13(8)12-2-1-3-21-12/h1-5,7,18H,6H2,(H,19,20). The maximum absolute atomic E-state index is 6.16. The van der Waals surface area contributed by atoms with Gasteiger partial charge in [-0.2, -0.15) is 5.10 Å². The van der Waals surface area contributed by atoms with E-state index in [0.717, 1.165) is 16.1 Å². The fraction of sp³-hybridized carbons (Fsp3) is 0.0714. The maximum atomic E-state index is 6.16. The molecule has 0 saturated carbocycles. The molecule has 0 aliphatic carbocycles. The smallest absolute Gasteiger partial charge is 0.0799 e. The average molecular weight is 359 g/mol. The lowest BCUT2D eigenvalue weighted by Crippen LogP contribution is -2.01. The predicted octanol–water partition coefficient (Wildman–Crippen LogP) is 5.71. The number of aromatic nitrogens is 2. The molecule has 3 rings (SSSR count). The molecule has 3 nitrogen and oxygen atoms in total. The summed E-state index contributed by atoms with van der Waals surface area (Å²) < 4.78 is 0. The van der Waals surface area contributed by atoms with Crippen molar-refractivity contribution in [3.05, 3.63) is 56.5 Å². The Morgan fingerprint density at radius 2 is 1.95 bits per heavy atom. The van der Waals surface area contributed by atoms with Crippen molar-refractivity contribution in [2.45, 2.75) is 6.54 Å². The van der Waals surface area contributed by atoms with Crippen LogP contribution in [0, 0.1) is 0 Å². The normalized spacial score (nSPS) is 10.8. The van der Waals surface area contributed by atoms with Crippen LogP contribution in [0.4, 0.5) is 5.69 Å². The second-order valence-corrected chi connectivity index (χ2v) is 6.54. The number of halogens is 3. The van der Waals surface area contributed by atoms with E-state index in [4.69, 9.17) is 34.8 Å². The number of anilines is 1. The predicted molar refractivity (Wildman–Crippen MR) is 90.7 cm³/mol. The summed E-state index contributed by atoms with van der Waals surface area (Å²) in [4.78, 5) is 1.14. The third kappa shape index (κ3) is 3.19. The molecule has 0 radical (unpaired) electrons. The quantitative estimate of drug-likeness (QED) is 0.627. The third-order valence-corrected chi connectivity index (χ3v) is 4.65. The van der Waals surface area contributed by atoms with Crippen LogP contribution in [0.3, 0.4) is 0 Å². The lowest BCUT2D eigenvalue weighted by molar-refractivity contribution is 1.10. The topological polar surface area (TPSA) is 40.7 Å². The van der Waals surface area contributed by atoms with Gasteiger partial charge in [-0.25, -0.2) is 0 Å². The second kappa shape index (κ2) is 6.28. The number of H-pyrrole nitrogens is 1. The minimum Gasteiger partial charge on any atom is -0.378 e. The van der Waals surface area contributed by atoms with Crippen LogP contribution < -0.4 is 5.32 Å². The lowest BCUT2D eigenvalue weighted by Gasteiger charge is -2.10. The molecule has 0 saturated heterocycles. The first-order valence-corrected chi connectivity index (χ1v) is 8.11. The number of nitrogens with zero attached hydrogens (tertiary/aromatic N) is 1. The van der Waals surface area contributed by atoms with Gasteiger partial charge >= 0.3 is 0 Å². The van der Waals surface area contributed by atoms with Gasteiger partial charge in [0.2, 0.25) is 0 Å². The molecule has 2 N–H and O–H groups in total. The van der Waals surface area contributed by atoms with E-state index in [0.29, 0.717) is 27.3 Å². The van der Waals surface area contributed by atoms with E-state index in [2.05, 4.69) is 15.5 Å². The van der Waals surface area contributed by atoms with Crippen molar-refractivity contribution in [2.75, 3.05) is 5.32 Å². The number of hydrogen-bond acceptors (Lipinski definition) is 3. The van der Waals surface area contributed by atoms with E-state index in [1.165, 1.54) is 0 Å². The molecule has 1 aromatic carbocycles. The SMILES string of the molecule is Clc1cc(Cl)c(NCc2cn[nH]c2-c2cccs2)c(Cl)c1. The molecule has 0 atom stereocenters. The summed E-state index contributed by atoms with van der Waals surface area (Å²) in [5, 5.41) is 13.9. The summed E-state index contributed by atoms with van der Waals surface area (Å²) >= 11 is 19.9. The monoisotopic (exact) mass is 357 g/mol. The summed E-state index contributed by atoms with van der Waals surface area (Å²) in [5.41, 5.74) is 2.71.